The van der Waals surface area contributed by atoms with Crippen LogP contribution in [0.5, 0.6) is 0 Å². The van der Waals surface area contributed by atoms with Crippen LogP contribution in [0.4, 0.5) is 0 Å². The van der Waals surface area contributed by atoms with Gasteiger partial charge < -0.3 is 5.32 Å². The molecule has 122 valence electrons. The first-order chi connectivity index (χ1) is 11.2. The molecule has 0 aliphatic carbocycles. The molecule has 2 aromatic heterocycles. The summed E-state index contributed by atoms with van der Waals surface area (Å²) in [4.78, 5) is 24.0. The van der Waals surface area contributed by atoms with Gasteiger partial charge in [0.2, 0.25) is 0 Å². The predicted molar refractivity (Wildman–Crippen MR) is 91.4 cm³/mol. The number of rotatable bonds is 5. The zero-order chi connectivity index (χ0) is 16.1. The molecule has 0 aromatic carbocycles. The van der Waals surface area contributed by atoms with Crippen LogP contribution in [0.25, 0.3) is 0 Å². The monoisotopic (exact) mass is 330 g/mol. The number of likely N-dealkylation sites (tertiary alicyclic amines) is 1. The summed E-state index contributed by atoms with van der Waals surface area (Å²) in [6.07, 6.45) is 7.05. The molecule has 1 aliphatic heterocycles. The van der Waals surface area contributed by atoms with E-state index in [1.165, 1.54) is 30.1 Å². The van der Waals surface area contributed by atoms with Crippen molar-refractivity contribution in [1.82, 2.24) is 20.2 Å². The first-order valence-corrected chi connectivity index (χ1v) is 8.93. The lowest BCUT2D eigenvalue weighted by Gasteiger charge is -2.36. The van der Waals surface area contributed by atoms with Gasteiger partial charge in [-0.1, -0.05) is 13.0 Å². The van der Waals surface area contributed by atoms with E-state index >= 15 is 0 Å². The molecule has 1 saturated heterocycles. The Kier molecular flexibility index (Phi) is 5.35. The number of amides is 1. The number of nitrogens with zero attached hydrogens (tertiary/aromatic N) is 3. The van der Waals surface area contributed by atoms with Gasteiger partial charge in [-0.15, -0.1) is 11.3 Å². The smallest absolute Gasteiger partial charge is 0.271 e. The quantitative estimate of drug-likeness (QED) is 0.916. The van der Waals surface area contributed by atoms with Crippen molar-refractivity contribution >= 4 is 17.2 Å². The van der Waals surface area contributed by atoms with Gasteiger partial charge in [-0.25, -0.2) is 4.98 Å². The number of hydrogen-bond donors (Lipinski definition) is 1. The Hall–Kier alpha value is -1.79. The molecule has 3 heterocycles. The highest BCUT2D eigenvalue weighted by atomic mass is 32.1. The summed E-state index contributed by atoms with van der Waals surface area (Å²) in [6.45, 7) is 5.09. The van der Waals surface area contributed by atoms with Gasteiger partial charge in [-0.05, 0) is 43.3 Å². The second-order valence-electron chi connectivity index (χ2n) is 6.05. The number of piperidine rings is 1. The van der Waals surface area contributed by atoms with Crippen LogP contribution in [0.2, 0.25) is 0 Å². The largest absolute Gasteiger partial charge is 0.349 e. The van der Waals surface area contributed by atoms with Crippen molar-refractivity contribution in [1.29, 1.82) is 0 Å². The van der Waals surface area contributed by atoms with Crippen LogP contribution < -0.4 is 5.32 Å². The molecule has 23 heavy (non-hydrogen) atoms. The number of aromatic nitrogens is 2. The number of carbonyl (C=O) groups excluding carboxylic acids is 1. The fourth-order valence-corrected chi connectivity index (χ4v) is 3.79. The van der Waals surface area contributed by atoms with E-state index in [4.69, 9.17) is 0 Å². The van der Waals surface area contributed by atoms with E-state index in [1.807, 2.05) is 0 Å². The Bertz CT molecular complexity index is 609. The van der Waals surface area contributed by atoms with E-state index < -0.39 is 0 Å². The Morgan fingerprint density at radius 1 is 1.43 bits per heavy atom. The van der Waals surface area contributed by atoms with Crippen LogP contribution in [-0.2, 0) is 0 Å². The van der Waals surface area contributed by atoms with Crippen LogP contribution >= 0.6 is 11.3 Å². The molecule has 1 unspecified atom stereocenters. The third-order valence-electron chi connectivity index (χ3n) is 4.38. The maximum absolute atomic E-state index is 12.2. The molecule has 2 aromatic rings. The van der Waals surface area contributed by atoms with Gasteiger partial charge in [0.15, 0.2) is 0 Å². The van der Waals surface area contributed by atoms with E-state index in [0.717, 1.165) is 19.0 Å². The summed E-state index contributed by atoms with van der Waals surface area (Å²) >= 11 is 1.75. The highest BCUT2D eigenvalue weighted by Gasteiger charge is 2.25. The Labute approximate surface area is 140 Å². The normalized spacial score (nSPS) is 17.8. The Balaban J connectivity index is 1.66. The highest BCUT2D eigenvalue weighted by Crippen LogP contribution is 2.29. The lowest BCUT2D eigenvalue weighted by Crippen LogP contribution is -2.41. The van der Waals surface area contributed by atoms with Crippen LogP contribution in [-0.4, -0.2) is 40.4 Å². The summed E-state index contributed by atoms with van der Waals surface area (Å²) in [5.74, 6) is 0.634. The van der Waals surface area contributed by atoms with Crippen molar-refractivity contribution in [3.8, 4) is 0 Å². The van der Waals surface area contributed by atoms with Crippen molar-refractivity contribution in [2.75, 3.05) is 19.6 Å². The van der Waals surface area contributed by atoms with Gasteiger partial charge in [0.1, 0.15) is 5.69 Å². The third kappa shape index (κ3) is 4.14. The SMILES string of the molecule is CC1CCN(C(CNC(=O)c2cnccn2)c2cccs2)CC1. The van der Waals surface area contributed by atoms with Gasteiger partial charge in [0.25, 0.3) is 5.91 Å². The first-order valence-electron chi connectivity index (χ1n) is 8.05. The van der Waals surface area contributed by atoms with Gasteiger partial charge in [0, 0.05) is 23.8 Å². The van der Waals surface area contributed by atoms with Crippen LogP contribution in [0, 0.1) is 5.92 Å². The van der Waals surface area contributed by atoms with Gasteiger partial charge in [0.05, 0.1) is 12.2 Å². The standard InChI is InChI=1S/C17H22N4OS/c1-13-4-8-21(9-5-13)15(16-3-2-10-23-16)12-20-17(22)14-11-18-6-7-19-14/h2-3,6-7,10-11,13,15H,4-5,8-9,12H2,1H3,(H,20,22). The summed E-state index contributed by atoms with van der Waals surface area (Å²) in [6, 6.07) is 4.47. The van der Waals surface area contributed by atoms with E-state index in [-0.39, 0.29) is 11.9 Å². The second-order valence-corrected chi connectivity index (χ2v) is 7.03. The van der Waals surface area contributed by atoms with Crippen molar-refractivity contribution in [2.24, 2.45) is 5.92 Å². The molecule has 6 heteroatoms. The number of carbonyl (C=O) groups is 1. The maximum Gasteiger partial charge on any atom is 0.271 e. The van der Waals surface area contributed by atoms with E-state index in [2.05, 4.69) is 44.6 Å². The van der Waals surface area contributed by atoms with Gasteiger partial charge >= 0.3 is 0 Å². The topological polar surface area (TPSA) is 58.1 Å². The van der Waals surface area contributed by atoms with Crippen molar-refractivity contribution < 1.29 is 4.79 Å². The minimum atomic E-state index is -0.162. The minimum absolute atomic E-state index is 0.162. The summed E-state index contributed by atoms with van der Waals surface area (Å²) in [7, 11) is 0. The fraction of sp³-hybridized carbons (Fsp3) is 0.471. The Morgan fingerprint density at radius 3 is 2.91 bits per heavy atom. The number of hydrogen-bond acceptors (Lipinski definition) is 5. The van der Waals surface area contributed by atoms with E-state index in [0.29, 0.717) is 12.2 Å². The van der Waals surface area contributed by atoms with E-state index in [1.54, 1.807) is 17.5 Å². The lowest BCUT2D eigenvalue weighted by atomic mass is 9.97. The minimum Gasteiger partial charge on any atom is -0.349 e. The molecule has 0 bridgehead atoms. The summed E-state index contributed by atoms with van der Waals surface area (Å²) in [5.41, 5.74) is 0.365. The summed E-state index contributed by atoms with van der Waals surface area (Å²) in [5, 5.41) is 5.12. The zero-order valence-electron chi connectivity index (χ0n) is 13.3. The number of thiophene rings is 1. The second kappa shape index (κ2) is 7.66. The van der Waals surface area contributed by atoms with Crippen molar-refractivity contribution in [3.05, 3.63) is 46.7 Å². The first kappa shape index (κ1) is 16.1. The molecule has 3 rings (SSSR count). The van der Waals surface area contributed by atoms with Gasteiger partial charge in [-0.2, -0.15) is 0 Å². The van der Waals surface area contributed by atoms with Crippen molar-refractivity contribution in [2.45, 2.75) is 25.8 Å². The Morgan fingerprint density at radius 2 is 2.26 bits per heavy atom. The lowest BCUT2D eigenvalue weighted by molar-refractivity contribution is 0.0909. The average molecular weight is 330 g/mol. The molecular weight excluding hydrogens is 308 g/mol. The molecule has 0 radical (unpaired) electrons. The molecule has 1 atom stereocenters. The molecule has 1 aliphatic rings. The molecule has 1 fully saturated rings. The maximum atomic E-state index is 12.2. The molecule has 0 spiro atoms. The highest BCUT2D eigenvalue weighted by molar-refractivity contribution is 7.10. The van der Waals surface area contributed by atoms with Crippen LogP contribution in [0.1, 0.15) is 41.2 Å². The van der Waals surface area contributed by atoms with Crippen molar-refractivity contribution in [3.63, 3.8) is 0 Å². The van der Waals surface area contributed by atoms with Gasteiger partial charge in [-0.3, -0.25) is 14.7 Å². The molecule has 5 nitrogen and oxygen atoms in total. The molecule has 1 amide bonds. The number of nitrogens with one attached hydrogen (secondary N) is 1. The summed E-state index contributed by atoms with van der Waals surface area (Å²) < 4.78 is 0. The molecule has 0 saturated carbocycles. The third-order valence-corrected chi connectivity index (χ3v) is 5.36. The zero-order valence-corrected chi connectivity index (χ0v) is 14.1. The molecule has 1 N–H and O–H groups in total. The predicted octanol–water partition coefficient (Wildman–Crippen LogP) is 2.74. The average Bonchev–Trinajstić information content (AvgIpc) is 3.11. The van der Waals surface area contributed by atoms with E-state index in [9.17, 15) is 4.79 Å². The van der Waals surface area contributed by atoms with Crippen LogP contribution in [0.3, 0.4) is 0 Å². The fourth-order valence-electron chi connectivity index (χ4n) is 2.93. The molecular formula is C17H22N4OS. The van der Waals surface area contributed by atoms with Crippen LogP contribution in [0.15, 0.2) is 36.1 Å².